The summed E-state index contributed by atoms with van der Waals surface area (Å²) >= 11 is 0. The number of carbonyl (C=O) groups excluding carboxylic acids is 3. The van der Waals surface area contributed by atoms with Gasteiger partial charge in [-0.25, -0.2) is 9.38 Å². The standard InChI is InChI=1S/C25H25F4N7O5/c1-40-22(38)8-18(13-3-2-4-16(5-13)41-25(27,28)29)34-21(37)12-30-23(39)14-6-19(17-11-33-36-20(17)7-14)35-24-31-9-15(26)10-32-24/h2-7,11,15,18H,8-10,12H2,1H3,(H,30,39)(H,33,36)(H,34,37)(H2,31,32,35)/t18-/m0/s1. The summed E-state index contributed by atoms with van der Waals surface area (Å²) in [7, 11) is 1.12. The highest BCUT2D eigenvalue weighted by Crippen LogP contribution is 2.27. The van der Waals surface area contributed by atoms with E-state index in [0.29, 0.717) is 22.5 Å². The van der Waals surface area contributed by atoms with Crippen LogP contribution in [0.3, 0.4) is 0 Å². The number of ether oxygens (including phenoxy) is 2. The molecule has 0 aliphatic carbocycles. The van der Waals surface area contributed by atoms with Gasteiger partial charge in [0.2, 0.25) is 5.91 Å². The van der Waals surface area contributed by atoms with Crippen LogP contribution in [0.2, 0.25) is 0 Å². The number of aromatic amines is 1. The molecule has 5 N–H and O–H groups in total. The van der Waals surface area contributed by atoms with E-state index in [1.54, 1.807) is 0 Å². The van der Waals surface area contributed by atoms with Crippen molar-refractivity contribution in [1.82, 2.24) is 26.1 Å². The molecule has 0 saturated carbocycles. The molecule has 1 aliphatic heterocycles. The second kappa shape index (κ2) is 12.5. The van der Waals surface area contributed by atoms with Gasteiger partial charge in [0, 0.05) is 10.9 Å². The first-order valence-corrected chi connectivity index (χ1v) is 12.2. The highest BCUT2D eigenvalue weighted by atomic mass is 19.4. The summed E-state index contributed by atoms with van der Waals surface area (Å²) in [6.07, 6.45) is -4.90. The van der Waals surface area contributed by atoms with E-state index >= 15 is 0 Å². The van der Waals surface area contributed by atoms with Crippen molar-refractivity contribution in [3.05, 3.63) is 53.7 Å². The Labute approximate surface area is 229 Å². The predicted octanol–water partition coefficient (Wildman–Crippen LogP) is 2.32. The number of halogens is 4. The van der Waals surface area contributed by atoms with E-state index in [1.807, 2.05) is 0 Å². The van der Waals surface area contributed by atoms with Crippen LogP contribution < -0.4 is 26.0 Å². The van der Waals surface area contributed by atoms with Gasteiger partial charge in [-0.1, -0.05) is 12.1 Å². The topological polar surface area (TPSA) is 159 Å². The third-order valence-corrected chi connectivity index (χ3v) is 5.85. The zero-order valence-electron chi connectivity index (χ0n) is 21.5. The maximum Gasteiger partial charge on any atom is 0.573 e. The zero-order valence-corrected chi connectivity index (χ0v) is 21.5. The Morgan fingerprint density at radius 3 is 2.71 bits per heavy atom. The lowest BCUT2D eigenvalue weighted by molar-refractivity contribution is -0.274. The fourth-order valence-corrected chi connectivity index (χ4v) is 3.95. The number of amides is 2. The number of guanidine groups is 1. The number of alkyl halides is 4. The average molecular weight is 580 g/mol. The lowest BCUT2D eigenvalue weighted by Gasteiger charge is -2.20. The molecule has 1 unspecified atom stereocenters. The quantitative estimate of drug-likeness (QED) is 0.191. The summed E-state index contributed by atoms with van der Waals surface area (Å²) in [5, 5.41) is 18.2. The molecule has 4 rings (SSSR count). The highest BCUT2D eigenvalue weighted by molar-refractivity contribution is 6.07. The molecule has 0 fully saturated rings. The van der Waals surface area contributed by atoms with Gasteiger partial charge < -0.3 is 30.7 Å². The van der Waals surface area contributed by atoms with E-state index in [-0.39, 0.29) is 24.2 Å². The van der Waals surface area contributed by atoms with Crippen LogP contribution in [0.15, 0.2) is 47.6 Å². The van der Waals surface area contributed by atoms with Crippen LogP contribution in [0.25, 0.3) is 10.9 Å². The summed E-state index contributed by atoms with van der Waals surface area (Å²) in [6.45, 7) is -0.465. The van der Waals surface area contributed by atoms with E-state index in [2.05, 4.69) is 45.9 Å². The molecular formula is C25H25F4N7O5. The van der Waals surface area contributed by atoms with Crippen LogP contribution >= 0.6 is 0 Å². The summed E-state index contributed by atoms with van der Waals surface area (Å²) in [4.78, 5) is 41.6. The summed E-state index contributed by atoms with van der Waals surface area (Å²) in [6, 6.07) is 6.73. The largest absolute Gasteiger partial charge is 0.573 e. The van der Waals surface area contributed by atoms with Gasteiger partial charge in [0.25, 0.3) is 5.91 Å². The second-order valence-electron chi connectivity index (χ2n) is 8.85. The molecule has 218 valence electrons. The predicted molar refractivity (Wildman–Crippen MR) is 138 cm³/mol. The fourth-order valence-electron chi connectivity index (χ4n) is 3.95. The van der Waals surface area contributed by atoms with E-state index < -0.39 is 55.1 Å². The normalized spacial score (nSPS) is 15.7. The number of rotatable bonds is 9. The molecule has 16 heteroatoms. The molecular weight excluding hydrogens is 554 g/mol. The van der Waals surface area contributed by atoms with Gasteiger partial charge >= 0.3 is 12.3 Å². The number of hydrogen-bond donors (Lipinski definition) is 5. The van der Waals surface area contributed by atoms with Crippen LogP contribution in [-0.2, 0) is 14.3 Å². The number of carbonyl (C=O) groups is 3. The Balaban J connectivity index is 1.44. The Morgan fingerprint density at radius 1 is 1.20 bits per heavy atom. The Morgan fingerprint density at radius 2 is 2.00 bits per heavy atom. The van der Waals surface area contributed by atoms with Crippen LogP contribution in [-0.4, -0.2) is 73.2 Å². The number of aromatic nitrogens is 2. The number of aliphatic imine (C=N–C) groups is 1. The van der Waals surface area contributed by atoms with Gasteiger partial charge in [-0.15, -0.1) is 13.2 Å². The summed E-state index contributed by atoms with van der Waals surface area (Å²) in [5.41, 5.74) is 1.26. The van der Waals surface area contributed by atoms with Crippen molar-refractivity contribution in [3.63, 3.8) is 0 Å². The van der Waals surface area contributed by atoms with Gasteiger partial charge in [0.15, 0.2) is 5.96 Å². The maximum absolute atomic E-state index is 13.4. The lowest BCUT2D eigenvalue weighted by Crippen LogP contribution is -2.41. The van der Waals surface area contributed by atoms with E-state index in [0.717, 1.165) is 19.2 Å². The average Bonchev–Trinajstić information content (AvgIpc) is 3.41. The molecule has 1 aromatic heterocycles. The van der Waals surface area contributed by atoms with Crippen molar-refractivity contribution in [2.75, 3.05) is 32.1 Å². The smallest absolute Gasteiger partial charge is 0.469 e. The van der Waals surface area contributed by atoms with Gasteiger partial charge in [0.05, 0.1) is 56.6 Å². The first kappa shape index (κ1) is 29.1. The van der Waals surface area contributed by atoms with E-state index in [4.69, 9.17) is 0 Å². The minimum Gasteiger partial charge on any atom is -0.469 e. The first-order chi connectivity index (χ1) is 19.5. The fraction of sp³-hybridized carbons (Fsp3) is 0.320. The molecule has 0 saturated heterocycles. The number of fused-ring (bicyclic) bond motifs is 1. The highest BCUT2D eigenvalue weighted by Gasteiger charge is 2.31. The molecule has 0 bridgehead atoms. The molecule has 2 heterocycles. The third kappa shape index (κ3) is 8.06. The Kier molecular flexibility index (Phi) is 8.89. The number of esters is 1. The van der Waals surface area contributed by atoms with Crippen LogP contribution in [0.1, 0.15) is 28.4 Å². The zero-order chi connectivity index (χ0) is 29.6. The van der Waals surface area contributed by atoms with Crippen molar-refractivity contribution >= 4 is 40.3 Å². The first-order valence-electron chi connectivity index (χ1n) is 12.2. The lowest BCUT2D eigenvalue weighted by atomic mass is 10.0. The molecule has 2 atom stereocenters. The summed E-state index contributed by atoms with van der Waals surface area (Å²) < 4.78 is 59.9. The van der Waals surface area contributed by atoms with Gasteiger partial charge in [0.1, 0.15) is 11.9 Å². The van der Waals surface area contributed by atoms with Crippen molar-refractivity contribution in [2.45, 2.75) is 25.0 Å². The number of H-pyrrole nitrogens is 1. The molecule has 0 spiro atoms. The van der Waals surface area contributed by atoms with E-state index in [1.165, 1.54) is 30.5 Å². The number of benzene rings is 2. The Hall–Kier alpha value is -4.89. The second-order valence-corrected chi connectivity index (χ2v) is 8.85. The molecule has 0 radical (unpaired) electrons. The van der Waals surface area contributed by atoms with Gasteiger partial charge in [-0.2, -0.15) is 5.10 Å². The molecule has 41 heavy (non-hydrogen) atoms. The molecule has 2 amide bonds. The van der Waals surface area contributed by atoms with Crippen LogP contribution in [0.4, 0.5) is 23.2 Å². The number of methoxy groups -OCH3 is 1. The Bertz CT molecular complexity index is 1460. The SMILES string of the molecule is COC(=O)C[C@H](NC(=O)CNC(=O)c1cc(NC2=NCC(F)CN2)c2cn[nH]c2c1)c1cccc(OC(F)(F)F)c1. The van der Waals surface area contributed by atoms with Crippen molar-refractivity contribution in [1.29, 1.82) is 0 Å². The minimum absolute atomic E-state index is 0.0181. The molecule has 1 aliphatic rings. The monoisotopic (exact) mass is 579 g/mol. The van der Waals surface area contributed by atoms with Crippen molar-refractivity contribution < 1.29 is 41.4 Å². The number of anilines is 1. The van der Waals surface area contributed by atoms with Crippen LogP contribution in [0.5, 0.6) is 5.75 Å². The van der Waals surface area contributed by atoms with Crippen molar-refractivity contribution in [3.8, 4) is 5.75 Å². The van der Waals surface area contributed by atoms with Gasteiger partial charge in [-0.3, -0.25) is 19.5 Å². The third-order valence-electron chi connectivity index (χ3n) is 5.85. The molecule has 2 aromatic carbocycles. The molecule has 12 nitrogen and oxygen atoms in total. The van der Waals surface area contributed by atoms with Gasteiger partial charge in [-0.05, 0) is 29.8 Å². The number of nitrogens with one attached hydrogen (secondary N) is 5. The summed E-state index contributed by atoms with van der Waals surface area (Å²) in [5.74, 6) is -2.30. The minimum atomic E-state index is -4.93. The number of nitrogens with zero attached hydrogens (tertiary/aromatic N) is 2. The van der Waals surface area contributed by atoms with Crippen molar-refractivity contribution in [2.24, 2.45) is 4.99 Å². The van der Waals surface area contributed by atoms with Crippen LogP contribution in [0, 0.1) is 0 Å². The maximum atomic E-state index is 13.4. The number of hydrogen-bond acceptors (Lipinski definition) is 9. The van der Waals surface area contributed by atoms with E-state index in [9.17, 15) is 31.9 Å². The molecule has 3 aromatic rings.